The third-order valence-corrected chi connectivity index (χ3v) is 5.33. The van der Waals surface area contributed by atoms with E-state index in [9.17, 15) is 14.7 Å². The summed E-state index contributed by atoms with van der Waals surface area (Å²) >= 11 is 1.29. The highest BCUT2D eigenvalue weighted by atomic mass is 32.1. The monoisotopic (exact) mass is 349 g/mol. The third kappa shape index (κ3) is 4.26. The fourth-order valence-electron chi connectivity index (χ4n) is 3.08. The topological polar surface area (TPSA) is 57.6 Å². The van der Waals surface area contributed by atoms with Gasteiger partial charge in [0.05, 0.1) is 5.69 Å². The van der Waals surface area contributed by atoms with E-state index in [-0.39, 0.29) is 22.7 Å². The molecular formula is C19H27NO3S. The van der Waals surface area contributed by atoms with Gasteiger partial charge in [0.25, 0.3) is 0 Å². The molecule has 0 unspecified atom stereocenters. The number of nitrogens with zero attached hydrogens (tertiary/aromatic N) is 1. The SMILES string of the molecule is CC(C)CC(=O)N(c1cc(C2=CCCCC2)sc1C(=O)O)C(C)C. The zero-order valence-corrected chi connectivity index (χ0v) is 15.8. The predicted octanol–water partition coefficient (Wildman–Crippen LogP) is 5.19. The number of carboxylic acids is 1. The van der Waals surface area contributed by atoms with Crippen molar-refractivity contribution in [1.82, 2.24) is 0 Å². The van der Waals surface area contributed by atoms with Gasteiger partial charge in [-0.2, -0.15) is 0 Å². The van der Waals surface area contributed by atoms with Gasteiger partial charge >= 0.3 is 5.97 Å². The van der Waals surface area contributed by atoms with Crippen molar-refractivity contribution in [2.75, 3.05) is 4.90 Å². The first-order valence-corrected chi connectivity index (χ1v) is 9.51. The minimum atomic E-state index is -0.958. The first kappa shape index (κ1) is 18.7. The molecule has 0 spiro atoms. The molecule has 0 bridgehead atoms. The summed E-state index contributed by atoms with van der Waals surface area (Å²) in [6.07, 6.45) is 7.00. The minimum Gasteiger partial charge on any atom is -0.477 e. The van der Waals surface area contributed by atoms with E-state index in [1.54, 1.807) is 4.90 Å². The average Bonchev–Trinajstić information content (AvgIpc) is 2.92. The van der Waals surface area contributed by atoms with Crippen molar-refractivity contribution in [3.8, 4) is 0 Å². The van der Waals surface area contributed by atoms with Crippen LogP contribution in [0, 0.1) is 5.92 Å². The molecule has 1 aromatic heterocycles. The number of rotatable bonds is 6. The molecule has 2 rings (SSSR count). The summed E-state index contributed by atoms with van der Waals surface area (Å²) in [7, 11) is 0. The molecule has 0 saturated carbocycles. The zero-order valence-electron chi connectivity index (χ0n) is 15.0. The molecule has 1 aliphatic carbocycles. The molecule has 4 nitrogen and oxygen atoms in total. The summed E-state index contributed by atoms with van der Waals surface area (Å²) in [5.74, 6) is -0.726. The number of amides is 1. The lowest BCUT2D eigenvalue weighted by atomic mass is 9.98. The van der Waals surface area contributed by atoms with E-state index in [1.165, 1.54) is 23.3 Å². The molecule has 0 aromatic carbocycles. The molecule has 1 amide bonds. The lowest BCUT2D eigenvalue weighted by Crippen LogP contribution is -2.38. The van der Waals surface area contributed by atoms with Crippen LogP contribution in [-0.2, 0) is 4.79 Å². The maximum Gasteiger partial charge on any atom is 0.348 e. The molecule has 0 fully saturated rings. The van der Waals surface area contributed by atoms with Crippen molar-refractivity contribution in [1.29, 1.82) is 0 Å². The van der Waals surface area contributed by atoms with Crippen LogP contribution >= 0.6 is 11.3 Å². The lowest BCUT2D eigenvalue weighted by Gasteiger charge is -2.27. The number of aromatic carboxylic acids is 1. The van der Waals surface area contributed by atoms with Crippen LogP contribution in [0.3, 0.4) is 0 Å². The van der Waals surface area contributed by atoms with Gasteiger partial charge in [-0.15, -0.1) is 11.3 Å². The smallest absolute Gasteiger partial charge is 0.348 e. The predicted molar refractivity (Wildman–Crippen MR) is 99.8 cm³/mol. The van der Waals surface area contributed by atoms with E-state index >= 15 is 0 Å². The van der Waals surface area contributed by atoms with Crippen molar-refractivity contribution >= 4 is 34.5 Å². The molecule has 24 heavy (non-hydrogen) atoms. The van der Waals surface area contributed by atoms with Crippen molar-refractivity contribution < 1.29 is 14.7 Å². The van der Waals surface area contributed by atoms with Gasteiger partial charge in [-0.25, -0.2) is 4.79 Å². The number of allylic oxidation sites excluding steroid dienone is 2. The Balaban J connectivity index is 2.45. The van der Waals surface area contributed by atoms with Gasteiger partial charge in [0.15, 0.2) is 0 Å². The number of thiophene rings is 1. The molecule has 5 heteroatoms. The first-order valence-electron chi connectivity index (χ1n) is 8.69. The van der Waals surface area contributed by atoms with Gasteiger partial charge < -0.3 is 10.0 Å². The summed E-state index contributed by atoms with van der Waals surface area (Å²) in [5, 5.41) is 9.62. The van der Waals surface area contributed by atoms with Crippen LogP contribution in [-0.4, -0.2) is 23.0 Å². The number of carbonyl (C=O) groups excluding carboxylic acids is 1. The highest BCUT2D eigenvalue weighted by molar-refractivity contribution is 7.15. The van der Waals surface area contributed by atoms with E-state index in [2.05, 4.69) is 6.08 Å². The Kier molecular flexibility index (Phi) is 6.21. The molecule has 0 radical (unpaired) electrons. The second kappa shape index (κ2) is 7.97. The van der Waals surface area contributed by atoms with E-state index in [1.807, 2.05) is 33.8 Å². The van der Waals surface area contributed by atoms with Crippen LogP contribution in [0.5, 0.6) is 0 Å². The summed E-state index contributed by atoms with van der Waals surface area (Å²) < 4.78 is 0. The number of hydrogen-bond acceptors (Lipinski definition) is 3. The molecule has 1 aliphatic rings. The summed E-state index contributed by atoms with van der Waals surface area (Å²) in [6.45, 7) is 7.86. The van der Waals surface area contributed by atoms with Crippen molar-refractivity contribution in [3.63, 3.8) is 0 Å². The van der Waals surface area contributed by atoms with Gasteiger partial charge in [-0.05, 0) is 57.1 Å². The maximum atomic E-state index is 12.7. The van der Waals surface area contributed by atoms with Gasteiger partial charge in [0.2, 0.25) is 5.91 Å². The van der Waals surface area contributed by atoms with Crippen LogP contribution in [0.15, 0.2) is 12.1 Å². The fourth-order valence-corrected chi connectivity index (χ4v) is 4.14. The van der Waals surface area contributed by atoms with Crippen LogP contribution in [0.1, 0.15) is 74.3 Å². The van der Waals surface area contributed by atoms with Gasteiger partial charge in [-0.1, -0.05) is 19.9 Å². The van der Waals surface area contributed by atoms with Gasteiger partial charge in [0, 0.05) is 17.3 Å². The number of carbonyl (C=O) groups is 2. The van der Waals surface area contributed by atoms with Crippen LogP contribution in [0.4, 0.5) is 5.69 Å². The Morgan fingerprint density at radius 3 is 2.46 bits per heavy atom. The average molecular weight is 349 g/mol. The minimum absolute atomic E-state index is 0.00975. The Morgan fingerprint density at radius 2 is 1.96 bits per heavy atom. The molecule has 1 N–H and O–H groups in total. The zero-order chi connectivity index (χ0) is 17.9. The molecule has 1 heterocycles. The number of anilines is 1. The Morgan fingerprint density at radius 1 is 1.25 bits per heavy atom. The van der Waals surface area contributed by atoms with E-state index < -0.39 is 5.97 Å². The standard InChI is InChI=1S/C19H27NO3S/c1-12(2)10-17(21)20(13(3)4)15-11-16(24-18(15)19(22)23)14-8-6-5-7-9-14/h8,11-13H,5-7,9-10H2,1-4H3,(H,22,23). The fraction of sp³-hybridized carbons (Fsp3) is 0.579. The molecular weight excluding hydrogens is 322 g/mol. The van der Waals surface area contributed by atoms with Gasteiger partial charge in [0.1, 0.15) is 4.88 Å². The summed E-state index contributed by atoms with van der Waals surface area (Å²) in [4.78, 5) is 27.3. The Labute approximate surface area is 148 Å². The molecule has 0 saturated heterocycles. The second-order valence-corrected chi connectivity index (χ2v) is 8.11. The van der Waals surface area contributed by atoms with Crippen LogP contribution in [0.25, 0.3) is 5.57 Å². The van der Waals surface area contributed by atoms with Gasteiger partial charge in [-0.3, -0.25) is 4.79 Å². The number of carboxylic acid groups (broad SMARTS) is 1. The summed E-state index contributed by atoms with van der Waals surface area (Å²) in [6, 6.07) is 1.83. The first-order chi connectivity index (χ1) is 11.3. The second-order valence-electron chi connectivity index (χ2n) is 7.06. The molecule has 0 aliphatic heterocycles. The maximum absolute atomic E-state index is 12.7. The largest absolute Gasteiger partial charge is 0.477 e. The molecule has 132 valence electrons. The highest BCUT2D eigenvalue weighted by Gasteiger charge is 2.28. The molecule has 1 aromatic rings. The Hall–Kier alpha value is -1.62. The lowest BCUT2D eigenvalue weighted by molar-refractivity contribution is -0.119. The van der Waals surface area contributed by atoms with Crippen LogP contribution < -0.4 is 4.90 Å². The third-order valence-electron chi connectivity index (χ3n) is 4.14. The van der Waals surface area contributed by atoms with Crippen LogP contribution in [0.2, 0.25) is 0 Å². The van der Waals surface area contributed by atoms with E-state index in [0.717, 1.165) is 24.1 Å². The number of hydrogen-bond donors (Lipinski definition) is 1. The van der Waals surface area contributed by atoms with Crippen molar-refractivity contribution in [2.45, 2.75) is 65.8 Å². The highest BCUT2D eigenvalue weighted by Crippen LogP contribution is 2.39. The summed E-state index contributed by atoms with van der Waals surface area (Å²) in [5.41, 5.74) is 1.77. The van der Waals surface area contributed by atoms with Crippen molar-refractivity contribution in [2.24, 2.45) is 5.92 Å². The van der Waals surface area contributed by atoms with E-state index in [0.29, 0.717) is 12.1 Å². The normalized spacial score (nSPS) is 14.8. The molecule has 0 atom stereocenters. The Bertz CT molecular complexity index is 643. The quantitative estimate of drug-likeness (QED) is 0.769. The van der Waals surface area contributed by atoms with Crippen molar-refractivity contribution in [3.05, 3.63) is 21.9 Å². The van der Waals surface area contributed by atoms with E-state index in [4.69, 9.17) is 0 Å².